The zero-order valence-corrected chi connectivity index (χ0v) is 20.5. The van der Waals surface area contributed by atoms with Crippen LogP contribution < -0.4 is 14.4 Å². The molecule has 0 bridgehead atoms. The lowest BCUT2D eigenvalue weighted by Gasteiger charge is -2.27. The van der Waals surface area contributed by atoms with Gasteiger partial charge in [-0.05, 0) is 36.8 Å². The summed E-state index contributed by atoms with van der Waals surface area (Å²) >= 11 is 1.29. The molecule has 34 heavy (non-hydrogen) atoms. The van der Waals surface area contributed by atoms with Crippen molar-refractivity contribution in [1.29, 1.82) is 0 Å². The molecule has 1 amide bonds. The van der Waals surface area contributed by atoms with E-state index in [-0.39, 0.29) is 18.0 Å². The van der Waals surface area contributed by atoms with E-state index in [0.29, 0.717) is 48.3 Å². The molecule has 0 spiro atoms. The SMILES string of the molecule is COc1ccc(OC)c2sc(N(CCCN3CCOCC3)C(=O)c3ccc(F)c(F)c3)nc12.Cl. The number of ether oxygens (including phenoxy) is 3. The van der Waals surface area contributed by atoms with E-state index in [1.807, 2.05) is 0 Å². The van der Waals surface area contributed by atoms with E-state index in [9.17, 15) is 13.6 Å². The first kappa shape index (κ1) is 26.1. The zero-order valence-electron chi connectivity index (χ0n) is 18.9. The number of morpholine rings is 1. The quantitative estimate of drug-likeness (QED) is 0.445. The third-order valence-electron chi connectivity index (χ3n) is 5.50. The van der Waals surface area contributed by atoms with Crippen LogP contribution in [-0.2, 0) is 4.74 Å². The smallest absolute Gasteiger partial charge is 0.260 e. The van der Waals surface area contributed by atoms with E-state index in [4.69, 9.17) is 14.2 Å². The number of fused-ring (bicyclic) bond motifs is 1. The van der Waals surface area contributed by atoms with Crippen LogP contribution in [0, 0.1) is 11.6 Å². The van der Waals surface area contributed by atoms with Crippen molar-refractivity contribution < 1.29 is 27.8 Å². The molecule has 3 aromatic rings. The number of aromatic nitrogens is 1. The van der Waals surface area contributed by atoms with Crippen molar-refractivity contribution in [3.8, 4) is 11.5 Å². The van der Waals surface area contributed by atoms with E-state index in [0.717, 1.165) is 36.5 Å². The van der Waals surface area contributed by atoms with E-state index in [1.165, 1.54) is 22.3 Å². The molecule has 0 saturated carbocycles. The Kier molecular flexibility index (Phi) is 9.01. The van der Waals surface area contributed by atoms with Crippen molar-refractivity contribution in [1.82, 2.24) is 9.88 Å². The Balaban J connectivity index is 0.00000324. The second-order valence-corrected chi connectivity index (χ2v) is 8.52. The van der Waals surface area contributed by atoms with Gasteiger partial charge in [0.15, 0.2) is 16.8 Å². The Morgan fingerprint density at radius 3 is 2.50 bits per heavy atom. The molecule has 2 aromatic carbocycles. The maximum absolute atomic E-state index is 13.9. The molecule has 1 saturated heterocycles. The first-order chi connectivity index (χ1) is 16.0. The average molecular weight is 514 g/mol. The maximum atomic E-state index is 13.9. The van der Waals surface area contributed by atoms with Crippen LogP contribution in [0.5, 0.6) is 11.5 Å². The molecule has 184 valence electrons. The average Bonchev–Trinajstić information content (AvgIpc) is 3.28. The zero-order chi connectivity index (χ0) is 23.4. The number of benzene rings is 2. The molecular weight excluding hydrogens is 488 g/mol. The molecule has 0 aliphatic carbocycles. The Morgan fingerprint density at radius 2 is 1.82 bits per heavy atom. The number of amides is 1. The molecule has 7 nitrogen and oxygen atoms in total. The summed E-state index contributed by atoms with van der Waals surface area (Å²) in [6.45, 7) is 4.20. The summed E-state index contributed by atoms with van der Waals surface area (Å²) in [4.78, 5) is 21.8. The Labute approximate surface area is 206 Å². The molecule has 4 rings (SSSR count). The first-order valence-corrected chi connectivity index (χ1v) is 11.4. The van der Waals surface area contributed by atoms with Gasteiger partial charge in [0.25, 0.3) is 5.91 Å². The fraction of sp³-hybridized carbons (Fsp3) is 0.391. The van der Waals surface area contributed by atoms with Gasteiger partial charge < -0.3 is 14.2 Å². The van der Waals surface area contributed by atoms with Gasteiger partial charge >= 0.3 is 0 Å². The van der Waals surface area contributed by atoms with Crippen molar-refractivity contribution in [2.45, 2.75) is 6.42 Å². The van der Waals surface area contributed by atoms with E-state index in [1.54, 1.807) is 26.4 Å². The van der Waals surface area contributed by atoms with Gasteiger partial charge in [-0.1, -0.05) is 11.3 Å². The number of hydrogen-bond donors (Lipinski definition) is 0. The highest BCUT2D eigenvalue weighted by Crippen LogP contribution is 2.40. The fourth-order valence-corrected chi connectivity index (χ4v) is 4.83. The Bertz CT molecular complexity index is 1100. The van der Waals surface area contributed by atoms with Gasteiger partial charge in [-0.2, -0.15) is 0 Å². The highest BCUT2D eigenvalue weighted by atomic mass is 35.5. The third kappa shape index (κ3) is 5.57. The number of thiazole rings is 1. The van der Waals surface area contributed by atoms with Crippen LogP contribution >= 0.6 is 23.7 Å². The van der Waals surface area contributed by atoms with Gasteiger partial charge in [0.2, 0.25) is 0 Å². The van der Waals surface area contributed by atoms with Crippen LogP contribution in [-0.4, -0.2) is 69.4 Å². The number of hydrogen-bond acceptors (Lipinski definition) is 7. The van der Waals surface area contributed by atoms with Gasteiger partial charge in [0.1, 0.15) is 21.7 Å². The van der Waals surface area contributed by atoms with E-state index < -0.39 is 17.5 Å². The number of rotatable bonds is 8. The minimum atomic E-state index is -1.07. The van der Waals surface area contributed by atoms with Crippen LogP contribution in [0.2, 0.25) is 0 Å². The lowest BCUT2D eigenvalue weighted by molar-refractivity contribution is 0.0376. The summed E-state index contributed by atoms with van der Waals surface area (Å²) < 4.78 is 44.3. The predicted octanol–water partition coefficient (Wildman–Crippen LogP) is 4.38. The molecule has 0 atom stereocenters. The molecule has 2 heterocycles. The number of halogens is 3. The van der Waals surface area contributed by atoms with Crippen molar-refractivity contribution in [3.05, 3.63) is 47.5 Å². The van der Waals surface area contributed by atoms with Gasteiger partial charge in [0, 0.05) is 31.7 Å². The Hall–Kier alpha value is -2.53. The molecule has 1 fully saturated rings. The fourth-order valence-electron chi connectivity index (χ4n) is 3.74. The molecule has 1 aromatic heterocycles. The molecule has 11 heteroatoms. The standard InChI is InChI=1S/C23H25F2N3O4S.ClH/c1-30-18-6-7-19(31-2)21-20(18)26-23(33-21)28(9-3-8-27-10-12-32-13-11-27)22(29)15-4-5-16(24)17(25)14-15;/h4-7,14H,3,8-13H2,1-2H3;1H. The highest BCUT2D eigenvalue weighted by molar-refractivity contribution is 7.22. The third-order valence-corrected chi connectivity index (χ3v) is 6.59. The molecule has 0 unspecified atom stereocenters. The van der Waals surface area contributed by atoms with E-state index in [2.05, 4.69) is 9.88 Å². The van der Waals surface area contributed by atoms with Crippen LogP contribution in [0.15, 0.2) is 30.3 Å². The van der Waals surface area contributed by atoms with Crippen LogP contribution in [0.1, 0.15) is 16.8 Å². The number of carbonyl (C=O) groups excluding carboxylic acids is 1. The second kappa shape index (κ2) is 11.7. The van der Waals surface area contributed by atoms with Crippen molar-refractivity contribution in [2.24, 2.45) is 0 Å². The summed E-state index contributed by atoms with van der Waals surface area (Å²) in [6, 6.07) is 6.69. The first-order valence-electron chi connectivity index (χ1n) is 10.6. The number of carbonyl (C=O) groups is 1. The molecule has 0 radical (unpaired) electrons. The van der Waals surface area contributed by atoms with Crippen molar-refractivity contribution >= 4 is 45.0 Å². The number of anilines is 1. The van der Waals surface area contributed by atoms with Crippen LogP contribution in [0.3, 0.4) is 0 Å². The van der Waals surface area contributed by atoms with Gasteiger partial charge in [-0.15, -0.1) is 12.4 Å². The Morgan fingerprint density at radius 1 is 1.12 bits per heavy atom. The summed E-state index contributed by atoms with van der Waals surface area (Å²) in [5.41, 5.74) is 0.631. The summed E-state index contributed by atoms with van der Waals surface area (Å²) in [6.07, 6.45) is 0.680. The summed E-state index contributed by atoms with van der Waals surface area (Å²) in [7, 11) is 3.11. The summed E-state index contributed by atoms with van der Waals surface area (Å²) in [5.74, 6) is -1.35. The maximum Gasteiger partial charge on any atom is 0.260 e. The second-order valence-electron chi connectivity index (χ2n) is 7.54. The van der Waals surface area contributed by atoms with Crippen molar-refractivity contribution in [2.75, 3.05) is 58.5 Å². The minimum Gasteiger partial charge on any atom is -0.495 e. The largest absolute Gasteiger partial charge is 0.495 e. The van der Waals surface area contributed by atoms with Gasteiger partial charge in [-0.25, -0.2) is 13.8 Å². The van der Waals surface area contributed by atoms with Gasteiger partial charge in [-0.3, -0.25) is 14.6 Å². The van der Waals surface area contributed by atoms with Crippen LogP contribution in [0.4, 0.5) is 13.9 Å². The van der Waals surface area contributed by atoms with E-state index >= 15 is 0 Å². The normalized spacial score (nSPS) is 14.0. The highest BCUT2D eigenvalue weighted by Gasteiger charge is 2.24. The number of methoxy groups -OCH3 is 2. The molecular formula is C23H26ClF2N3O4S. The predicted molar refractivity (Wildman–Crippen MR) is 130 cm³/mol. The van der Waals surface area contributed by atoms with Gasteiger partial charge in [0.05, 0.1) is 27.4 Å². The lowest BCUT2D eigenvalue weighted by atomic mass is 10.2. The molecule has 1 aliphatic heterocycles. The molecule has 0 N–H and O–H groups in total. The minimum absolute atomic E-state index is 0. The van der Waals surface area contributed by atoms with Crippen molar-refractivity contribution in [3.63, 3.8) is 0 Å². The summed E-state index contributed by atoms with van der Waals surface area (Å²) in [5, 5.41) is 0.435. The monoisotopic (exact) mass is 513 g/mol. The number of nitrogens with zero attached hydrogens (tertiary/aromatic N) is 3. The van der Waals surface area contributed by atoms with Crippen LogP contribution in [0.25, 0.3) is 10.2 Å². The molecule has 1 aliphatic rings. The lowest BCUT2D eigenvalue weighted by Crippen LogP contribution is -2.39. The topological polar surface area (TPSA) is 64.1 Å².